The Morgan fingerprint density at radius 3 is 1.71 bits per heavy atom. The normalized spacial score (nSPS) is 30.6. The van der Waals surface area contributed by atoms with Crippen LogP contribution in [0.15, 0.2) is 91.0 Å². The molecule has 176 valence electrons. The second-order valence-corrected chi connectivity index (χ2v) is 9.48. The molecule has 0 aromatic heterocycles. The highest BCUT2D eigenvalue weighted by atomic mass is 16.6. The van der Waals surface area contributed by atoms with Gasteiger partial charge in [0.05, 0.1) is 23.2 Å². The average Bonchev–Trinajstić information content (AvgIpc) is 3.56. The Morgan fingerprint density at radius 2 is 1.17 bits per heavy atom. The summed E-state index contributed by atoms with van der Waals surface area (Å²) in [5, 5.41) is 3.47. The van der Waals surface area contributed by atoms with E-state index in [4.69, 9.17) is 9.47 Å². The molecule has 0 amide bonds. The van der Waals surface area contributed by atoms with Crippen molar-refractivity contribution in [2.75, 3.05) is 0 Å². The lowest BCUT2D eigenvalue weighted by atomic mass is 9.78. The molecule has 2 aliphatic heterocycles. The Hall–Kier alpha value is -3.77. The lowest BCUT2D eigenvalue weighted by Crippen LogP contribution is -2.50. The lowest BCUT2D eigenvalue weighted by Gasteiger charge is -2.34. The molecule has 3 aromatic carbocycles. The molecule has 35 heavy (non-hydrogen) atoms. The third-order valence-corrected chi connectivity index (χ3v) is 7.61. The molecule has 1 saturated carbocycles. The number of carbonyl (C=O) groups excluding carboxylic acids is 3. The third kappa shape index (κ3) is 3.74. The second-order valence-electron chi connectivity index (χ2n) is 9.48. The number of fused-ring (bicyclic) bond motifs is 5. The van der Waals surface area contributed by atoms with Gasteiger partial charge < -0.3 is 14.8 Å². The predicted molar refractivity (Wildman–Crippen MR) is 128 cm³/mol. The summed E-state index contributed by atoms with van der Waals surface area (Å²) in [6.45, 7) is 0. The standard InChI is InChI=1S/C29H25NO5/c31-25-20(17-10-4-1-5-11-17)16-21-22(25)24-27(35-29(33)19-14-8-3-9-15-19)26(23(21)30-24)34-28(32)18-12-6-2-7-13-18/h1-15,20-24,26-27,30H,16H2. The maximum Gasteiger partial charge on any atom is 0.338 e. The largest absolute Gasteiger partial charge is 0.453 e. The highest BCUT2D eigenvalue weighted by molar-refractivity contribution is 5.93. The molecule has 6 nitrogen and oxygen atoms in total. The van der Waals surface area contributed by atoms with Gasteiger partial charge in [0.2, 0.25) is 0 Å². The van der Waals surface area contributed by atoms with Crippen molar-refractivity contribution in [3.05, 3.63) is 108 Å². The first-order chi connectivity index (χ1) is 17.1. The molecular formula is C29H25NO5. The zero-order valence-electron chi connectivity index (χ0n) is 19.0. The van der Waals surface area contributed by atoms with Gasteiger partial charge in [-0.1, -0.05) is 66.7 Å². The van der Waals surface area contributed by atoms with Crippen LogP contribution in [0.3, 0.4) is 0 Å². The summed E-state index contributed by atoms with van der Waals surface area (Å²) in [5.41, 5.74) is 1.85. The maximum atomic E-state index is 13.5. The molecule has 7 unspecified atom stereocenters. The minimum Gasteiger partial charge on any atom is -0.453 e. The van der Waals surface area contributed by atoms with E-state index in [1.807, 2.05) is 42.5 Å². The number of benzene rings is 3. The van der Waals surface area contributed by atoms with Crippen molar-refractivity contribution in [3.63, 3.8) is 0 Å². The summed E-state index contributed by atoms with van der Waals surface area (Å²) in [6, 6.07) is 26.6. The highest BCUT2D eigenvalue weighted by Gasteiger charge is 2.66. The summed E-state index contributed by atoms with van der Waals surface area (Å²) < 4.78 is 11.9. The summed E-state index contributed by atoms with van der Waals surface area (Å²) >= 11 is 0. The number of hydrogen-bond donors (Lipinski definition) is 1. The van der Waals surface area contributed by atoms with E-state index in [1.54, 1.807) is 48.5 Å². The molecule has 0 radical (unpaired) electrons. The molecule has 7 atom stereocenters. The van der Waals surface area contributed by atoms with Crippen LogP contribution in [0.25, 0.3) is 0 Å². The fourth-order valence-corrected chi connectivity index (χ4v) is 6.09. The molecule has 3 aromatic rings. The average molecular weight is 468 g/mol. The van der Waals surface area contributed by atoms with E-state index in [1.165, 1.54) is 0 Å². The fraction of sp³-hybridized carbons (Fsp3) is 0.276. The minimum absolute atomic E-state index is 0.0120. The lowest BCUT2D eigenvalue weighted by molar-refractivity contribution is -0.125. The Morgan fingerprint density at radius 1 is 0.686 bits per heavy atom. The molecule has 2 saturated heterocycles. The van der Waals surface area contributed by atoms with Crippen LogP contribution in [0.4, 0.5) is 0 Å². The molecule has 2 heterocycles. The molecule has 3 fully saturated rings. The van der Waals surface area contributed by atoms with Crippen LogP contribution in [-0.2, 0) is 14.3 Å². The van der Waals surface area contributed by atoms with E-state index >= 15 is 0 Å². The summed E-state index contributed by atoms with van der Waals surface area (Å²) in [7, 11) is 0. The van der Waals surface area contributed by atoms with Crippen LogP contribution in [0.1, 0.15) is 38.6 Å². The molecule has 6 heteroatoms. The van der Waals surface area contributed by atoms with E-state index in [0.29, 0.717) is 17.5 Å². The number of hydrogen-bond acceptors (Lipinski definition) is 6. The monoisotopic (exact) mass is 467 g/mol. The van der Waals surface area contributed by atoms with Crippen molar-refractivity contribution in [1.82, 2.24) is 5.32 Å². The molecule has 0 spiro atoms. The number of rotatable bonds is 5. The summed E-state index contributed by atoms with van der Waals surface area (Å²) in [4.78, 5) is 39.5. The smallest absolute Gasteiger partial charge is 0.338 e. The van der Waals surface area contributed by atoms with Crippen molar-refractivity contribution >= 4 is 17.7 Å². The van der Waals surface area contributed by atoms with Gasteiger partial charge in [-0.3, -0.25) is 4.79 Å². The number of carbonyl (C=O) groups is 3. The zero-order valence-corrected chi connectivity index (χ0v) is 19.0. The van der Waals surface area contributed by atoms with Crippen LogP contribution in [0.2, 0.25) is 0 Å². The van der Waals surface area contributed by atoms with Crippen LogP contribution in [0.5, 0.6) is 0 Å². The Kier molecular flexibility index (Phi) is 5.46. The van der Waals surface area contributed by atoms with E-state index in [-0.39, 0.29) is 29.6 Å². The van der Waals surface area contributed by atoms with Gasteiger partial charge in [-0.15, -0.1) is 0 Å². The number of ether oxygens (including phenoxy) is 2. The number of esters is 2. The van der Waals surface area contributed by atoms with E-state index < -0.39 is 30.2 Å². The van der Waals surface area contributed by atoms with Crippen molar-refractivity contribution < 1.29 is 23.9 Å². The van der Waals surface area contributed by atoms with Crippen molar-refractivity contribution in [1.29, 1.82) is 0 Å². The van der Waals surface area contributed by atoms with Gasteiger partial charge in [-0.25, -0.2) is 9.59 Å². The minimum atomic E-state index is -0.750. The first-order valence-electron chi connectivity index (χ1n) is 12.0. The van der Waals surface area contributed by atoms with Gasteiger partial charge in [0.1, 0.15) is 5.78 Å². The van der Waals surface area contributed by atoms with Crippen LogP contribution in [-0.4, -0.2) is 42.0 Å². The van der Waals surface area contributed by atoms with E-state index in [2.05, 4.69) is 5.32 Å². The Balaban J connectivity index is 1.30. The molecule has 1 N–H and O–H groups in total. The summed E-state index contributed by atoms with van der Waals surface area (Å²) in [6.07, 6.45) is -0.746. The van der Waals surface area contributed by atoms with Gasteiger partial charge >= 0.3 is 11.9 Å². The van der Waals surface area contributed by atoms with Crippen molar-refractivity contribution in [2.45, 2.75) is 36.6 Å². The second kappa shape index (κ2) is 8.78. The van der Waals surface area contributed by atoms with Gasteiger partial charge in [0.25, 0.3) is 0 Å². The first-order valence-corrected chi connectivity index (χ1v) is 12.0. The number of Topliss-reactive ketones (excluding diaryl/α,β-unsaturated/α-hetero) is 1. The SMILES string of the molecule is O=C(OC1C2NC(C1OC(=O)c1ccccc1)C1C(=O)C(c3ccccc3)CC21)c1ccccc1. The quantitative estimate of drug-likeness (QED) is 0.575. The van der Waals surface area contributed by atoms with Gasteiger partial charge in [0, 0.05) is 11.8 Å². The van der Waals surface area contributed by atoms with Gasteiger partial charge in [-0.05, 0) is 42.2 Å². The molecule has 2 bridgehead atoms. The van der Waals surface area contributed by atoms with E-state index in [0.717, 1.165) is 5.56 Å². The predicted octanol–water partition coefficient (Wildman–Crippen LogP) is 3.78. The highest BCUT2D eigenvalue weighted by Crippen LogP contribution is 2.52. The van der Waals surface area contributed by atoms with Crippen molar-refractivity contribution in [2.24, 2.45) is 11.8 Å². The van der Waals surface area contributed by atoms with Crippen molar-refractivity contribution in [3.8, 4) is 0 Å². The third-order valence-electron chi connectivity index (χ3n) is 7.61. The Labute approximate surface area is 203 Å². The van der Waals surface area contributed by atoms with Gasteiger partial charge in [0.15, 0.2) is 12.2 Å². The van der Waals surface area contributed by atoms with Gasteiger partial charge in [-0.2, -0.15) is 0 Å². The maximum absolute atomic E-state index is 13.5. The van der Waals surface area contributed by atoms with Crippen LogP contribution >= 0.6 is 0 Å². The zero-order chi connectivity index (χ0) is 23.9. The fourth-order valence-electron chi connectivity index (χ4n) is 6.09. The summed E-state index contributed by atoms with van der Waals surface area (Å²) in [5.74, 6) is -1.27. The topological polar surface area (TPSA) is 81.7 Å². The molecule has 3 aliphatic rings. The van der Waals surface area contributed by atoms with Crippen LogP contribution in [0, 0.1) is 11.8 Å². The first kappa shape index (κ1) is 21.7. The molecular weight excluding hydrogens is 442 g/mol. The molecule has 1 aliphatic carbocycles. The van der Waals surface area contributed by atoms with E-state index in [9.17, 15) is 14.4 Å². The molecule has 6 rings (SSSR count). The van der Waals surface area contributed by atoms with Crippen LogP contribution < -0.4 is 5.32 Å². The number of nitrogens with one attached hydrogen (secondary N) is 1. The number of ketones is 1. The Bertz CT molecular complexity index is 1250.